The number of halogens is 1. The third-order valence-electron chi connectivity index (χ3n) is 2.15. The van der Waals surface area contributed by atoms with Crippen molar-refractivity contribution in [1.29, 1.82) is 0 Å². The molecule has 2 rings (SSSR count). The van der Waals surface area contributed by atoms with Crippen LogP contribution < -0.4 is 0 Å². The molecular formula is C12H10ClN3O2. The van der Waals surface area contributed by atoms with Crippen molar-refractivity contribution in [3.05, 3.63) is 54.1 Å². The van der Waals surface area contributed by atoms with Crippen molar-refractivity contribution in [1.82, 2.24) is 14.8 Å². The second-order valence-corrected chi connectivity index (χ2v) is 4.01. The Morgan fingerprint density at radius 2 is 2.11 bits per heavy atom. The van der Waals surface area contributed by atoms with Crippen molar-refractivity contribution >= 4 is 17.6 Å². The van der Waals surface area contributed by atoms with Gasteiger partial charge < -0.3 is 4.74 Å². The Labute approximate surface area is 109 Å². The normalized spacial score (nSPS) is 10.1. The molecule has 0 atom stereocenters. The van der Waals surface area contributed by atoms with Crippen LogP contribution in [0.1, 0.15) is 10.4 Å². The Kier molecular flexibility index (Phi) is 3.74. The molecule has 1 aromatic heterocycles. The lowest BCUT2D eigenvalue weighted by Gasteiger charge is -2.04. The summed E-state index contributed by atoms with van der Waals surface area (Å²) in [6, 6.07) is 6.80. The van der Waals surface area contributed by atoms with Crippen LogP contribution in [0.3, 0.4) is 0 Å². The van der Waals surface area contributed by atoms with Crippen molar-refractivity contribution in [3.8, 4) is 5.69 Å². The van der Waals surface area contributed by atoms with Crippen LogP contribution in [0.5, 0.6) is 0 Å². The molecular weight excluding hydrogens is 254 g/mol. The molecule has 0 fully saturated rings. The highest BCUT2D eigenvalue weighted by Crippen LogP contribution is 2.10. The van der Waals surface area contributed by atoms with Gasteiger partial charge in [-0.15, -0.1) is 0 Å². The maximum Gasteiger partial charge on any atom is 0.338 e. The zero-order valence-corrected chi connectivity index (χ0v) is 10.2. The topological polar surface area (TPSA) is 57.0 Å². The summed E-state index contributed by atoms with van der Waals surface area (Å²) in [5.41, 5.74) is 1.25. The number of benzene rings is 1. The number of carbonyl (C=O) groups excluding carboxylic acids is 1. The first-order valence-corrected chi connectivity index (χ1v) is 5.50. The molecule has 18 heavy (non-hydrogen) atoms. The highest BCUT2D eigenvalue weighted by Gasteiger charge is 2.07. The van der Waals surface area contributed by atoms with E-state index in [1.165, 1.54) is 6.33 Å². The zero-order chi connectivity index (χ0) is 13.0. The number of hydrogen-bond acceptors (Lipinski definition) is 4. The second-order valence-electron chi connectivity index (χ2n) is 3.48. The Morgan fingerprint density at radius 3 is 2.67 bits per heavy atom. The van der Waals surface area contributed by atoms with Crippen molar-refractivity contribution in [2.45, 2.75) is 0 Å². The fourth-order valence-electron chi connectivity index (χ4n) is 1.32. The van der Waals surface area contributed by atoms with Crippen LogP contribution in [0.2, 0.25) is 0 Å². The molecule has 1 aromatic carbocycles. The summed E-state index contributed by atoms with van der Waals surface area (Å²) < 4.78 is 6.51. The minimum Gasteiger partial charge on any atom is -0.456 e. The molecule has 0 amide bonds. The first-order valence-electron chi connectivity index (χ1n) is 5.12. The number of hydrogen-bond donors (Lipinski definition) is 0. The van der Waals surface area contributed by atoms with Gasteiger partial charge in [0, 0.05) is 5.03 Å². The summed E-state index contributed by atoms with van der Waals surface area (Å²) in [5.74, 6) is -0.443. The standard InChI is InChI=1S/C12H10ClN3O2/c1-9(13)6-18-12(17)10-2-4-11(5-3-10)16-8-14-7-15-16/h2-5,7-8H,1,6H2. The van der Waals surface area contributed by atoms with E-state index in [0.29, 0.717) is 5.56 Å². The molecule has 0 aliphatic carbocycles. The molecule has 1 heterocycles. The Bertz CT molecular complexity index is 549. The van der Waals surface area contributed by atoms with Crippen LogP contribution in [-0.2, 0) is 4.74 Å². The average molecular weight is 264 g/mol. The monoisotopic (exact) mass is 263 g/mol. The summed E-state index contributed by atoms with van der Waals surface area (Å²) in [6.45, 7) is 3.44. The van der Waals surface area contributed by atoms with Crippen LogP contribution in [0, 0.1) is 0 Å². The van der Waals surface area contributed by atoms with Gasteiger partial charge in [-0.3, -0.25) is 0 Å². The Balaban J connectivity index is 2.08. The zero-order valence-electron chi connectivity index (χ0n) is 9.41. The van der Waals surface area contributed by atoms with Gasteiger partial charge in [0.05, 0.1) is 11.3 Å². The van der Waals surface area contributed by atoms with Gasteiger partial charge in [-0.2, -0.15) is 5.10 Å². The minimum atomic E-state index is -0.443. The molecule has 0 unspecified atom stereocenters. The molecule has 0 N–H and O–H groups in total. The van der Waals surface area contributed by atoms with Crippen molar-refractivity contribution in [2.75, 3.05) is 6.61 Å². The molecule has 0 spiro atoms. The van der Waals surface area contributed by atoms with Crippen LogP contribution >= 0.6 is 11.6 Å². The van der Waals surface area contributed by atoms with Crippen LogP contribution in [-0.4, -0.2) is 27.3 Å². The lowest BCUT2D eigenvalue weighted by Crippen LogP contribution is -2.06. The second kappa shape index (κ2) is 5.46. The van der Waals surface area contributed by atoms with Crippen LogP contribution in [0.4, 0.5) is 0 Å². The summed E-state index contributed by atoms with van der Waals surface area (Å²) in [7, 11) is 0. The molecule has 6 heteroatoms. The number of rotatable bonds is 4. The predicted octanol–water partition coefficient (Wildman–Crippen LogP) is 2.18. The van der Waals surface area contributed by atoms with Crippen molar-refractivity contribution in [3.63, 3.8) is 0 Å². The van der Waals surface area contributed by atoms with Gasteiger partial charge >= 0.3 is 5.97 Å². The van der Waals surface area contributed by atoms with Gasteiger partial charge in [0.25, 0.3) is 0 Å². The molecule has 0 aliphatic heterocycles. The van der Waals surface area contributed by atoms with E-state index in [1.54, 1.807) is 35.3 Å². The summed E-state index contributed by atoms with van der Waals surface area (Å²) in [6.07, 6.45) is 3.01. The highest BCUT2D eigenvalue weighted by atomic mass is 35.5. The van der Waals surface area contributed by atoms with E-state index in [2.05, 4.69) is 16.7 Å². The van der Waals surface area contributed by atoms with Crippen molar-refractivity contribution < 1.29 is 9.53 Å². The smallest absolute Gasteiger partial charge is 0.338 e. The average Bonchev–Trinajstić information content (AvgIpc) is 2.90. The van der Waals surface area contributed by atoms with E-state index < -0.39 is 5.97 Å². The van der Waals surface area contributed by atoms with Gasteiger partial charge in [0.2, 0.25) is 0 Å². The Hall–Kier alpha value is -2.14. The highest BCUT2D eigenvalue weighted by molar-refractivity contribution is 6.29. The molecule has 5 nitrogen and oxygen atoms in total. The van der Waals surface area contributed by atoms with Gasteiger partial charge in [0.15, 0.2) is 0 Å². The number of nitrogens with zero attached hydrogens (tertiary/aromatic N) is 3. The third-order valence-corrected chi connectivity index (χ3v) is 2.26. The number of carbonyl (C=O) groups is 1. The molecule has 0 saturated carbocycles. The third kappa shape index (κ3) is 2.95. The van der Waals surface area contributed by atoms with E-state index in [4.69, 9.17) is 16.3 Å². The predicted molar refractivity (Wildman–Crippen MR) is 66.6 cm³/mol. The largest absolute Gasteiger partial charge is 0.456 e. The molecule has 92 valence electrons. The van der Waals surface area contributed by atoms with E-state index >= 15 is 0 Å². The SMILES string of the molecule is C=C(Cl)COC(=O)c1ccc(-n2cncn2)cc1. The fourth-order valence-corrected chi connectivity index (χ4v) is 1.37. The number of esters is 1. The summed E-state index contributed by atoms with van der Waals surface area (Å²) in [5, 5.41) is 4.26. The minimum absolute atomic E-state index is 0.00518. The Morgan fingerprint density at radius 1 is 1.39 bits per heavy atom. The lowest BCUT2D eigenvalue weighted by molar-refractivity contribution is 0.0546. The van der Waals surface area contributed by atoms with E-state index in [-0.39, 0.29) is 11.6 Å². The quantitative estimate of drug-likeness (QED) is 0.794. The van der Waals surface area contributed by atoms with Gasteiger partial charge in [-0.1, -0.05) is 18.2 Å². The molecule has 0 saturated heterocycles. The molecule has 0 radical (unpaired) electrons. The van der Waals surface area contributed by atoms with Crippen LogP contribution in [0.15, 0.2) is 48.5 Å². The van der Waals surface area contributed by atoms with Gasteiger partial charge in [-0.05, 0) is 24.3 Å². The van der Waals surface area contributed by atoms with E-state index in [1.807, 2.05) is 0 Å². The molecule has 2 aromatic rings. The van der Waals surface area contributed by atoms with E-state index in [0.717, 1.165) is 5.69 Å². The fraction of sp³-hybridized carbons (Fsp3) is 0.0833. The van der Waals surface area contributed by atoms with Gasteiger partial charge in [0.1, 0.15) is 19.3 Å². The number of ether oxygens (including phenoxy) is 1. The summed E-state index contributed by atoms with van der Waals surface area (Å²) >= 11 is 5.51. The maximum absolute atomic E-state index is 11.6. The van der Waals surface area contributed by atoms with Gasteiger partial charge in [-0.25, -0.2) is 14.5 Å². The summed E-state index contributed by atoms with van der Waals surface area (Å²) in [4.78, 5) is 15.4. The first-order chi connectivity index (χ1) is 8.66. The first kappa shape index (κ1) is 12.3. The maximum atomic E-state index is 11.6. The number of aromatic nitrogens is 3. The molecule has 0 aliphatic rings. The lowest BCUT2D eigenvalue weighted by atomic mass is 10.2. The van der Waals surface area contributed by atoms with Crippen LogP contribution in [0.25, 0.3) is 5.69 Å². The molecule has 0 bridgehead atoms. The van der Waals surface area contributed by atoms with E-state index in [9.17, 15) is 4.79 Å². The van der Waals surface area contributed by atoms with Crippen molar-refractivity contribution in [2.24, 2.45) is 0 Å².